The fourth-order valence-electron chi connectivity index (χ4n) is 3.13. The van der Waals surface area contributed by atoms with Gasteiger partial charge in [0, 0.05) is 10.6 Å². The molecule has 26 heavy (non-hydrogen) atoms. The van der Waals surface area contributed by atoms with E-state index in [1.807, 2.05) is 12.1 Å². The Morgan fingerprint density at radius 2 is 1.81 bits per heavy atom. The maximum atomic E-state index is 12.6. The second kappa shape index (κ2) is 8.49. The third kappa shape index (κ3) is 4.44. The molecule has 0 spiro atoms. The lowest BCUT2D eigenvalue weighted by atomic mass is 10.1. The van der Waals surface area contributed by atoms with E-state index in [-0.39, 0.29) is 5.91 Å². The summed E-state index contributed by atoms with van der Waals surface area (Å²) >= 11 is 18.1. The number of rotatable bonds is 4. The van der Waals surface area contributed by atoms with E-state index in [9.17, 15) is 4.79 Å². The van der Waals surface area contributed by atoms with Crippen LogP contribution in [0.15, 0.2) is 36.4 Å². The van der Waals surface area contributed by atoms with Gasteiger partial charge in [-0.15, -0.1) is 0 Å². The molecule has 2 N–H and O–H groups in total. The second-order valence-corrected chi connectivity index (χ2v) is 7.59. The zero-order valence-corrected chi connectivity index (χ0v) is 16.8. The van der Waals surface area contributed by atoms with Gasteiger partial charge in [-0.3, -0.25) is 4.79 Å². The quantitative estimate of drug-likeness (QED) is 0.803. The Morgan fingerprint density at radius 3 is 2.46 bits per heavy atom. The number of carbonyl (C=O) groups excluding carboxylic acids is 1. The van der Waals surface area contributed by atoms with Crippen LogP contribution < -0.4 is 15.1 Å². The van der Waals surface area contributed by atoms with Gasteiger partial charge in [-0.1, -0.05) is 34.8 Å². The number of piperazine rings is 1. The van der Waals surface area contributed by atoms with Crippen LogP contribution in [0.5, 0.6) is 0 Å². The van der Waals surface area contributed by atoms with E-state index in [0.29, 0.717) is 26.3 Å². The van der Waals surface area contributed by atoms with Gasteiger partial charge in [-0.2, -0.15) is 0 Å². The summed E-state index contributed by atoms with van der Waals surface area (Å²) in [7, 11) is 0. The third-order valence-corrected chi connectivity index (χ3v) is 5.67. The maximum absolute atomic E-state index is 12.6. The molecule has 2 aromatic carbocycles. The molecule has 1 heterocycles. The van der Waals surface area contributed by atoms with Crippen molar-refractivity contribution in [3.05, 3.63) is 57.0 Å². The molecule has 1 fully saturated rings. The molecule has 0 saturated carbocycles. The Bertz CT molecular complexity index is 805. The minimum Gasteiger partial charge on any atom is -0.359 e. The highest BCUT2D eigenvalue weighted by molar-refractivity contribution is 6.42. The Balaban J connectivity index is 1.81. The first-order valence-corrected chi connectivity index (χ1v) is 9.75. The van der Waals surface area contributed by atoms with Gasteiger partial charge < -0.3 is 15.1 Å². The van der Waals surface area contributed by atoms with Gasteiger partial charge in [0.15, 0.2) is 0 Å². The minimum atomic E-state index is -0.245. The average molecular weight is 414 g/mol. The lowest BCUT2D eigenvalue weighted by Gasteiger charge is -2.34. The lowest BCUT2D eigenvalue weighted by Crippen LogP contribution is -3.14. The molecule has 0 atom stereocenters. The number of hydrogen-bond donors (Lipinski definition) is 2. The van der Waals surface area contributed by atoms with Crippen molar-refractivity contribution in [2.75, 3.05) is 42.9 Å². The smallest absolute Gasteiger partial charge is 0.255 e. The first-order chi connectivity index (χ1) is 12.5. The summed E-state index contributed by atoms with van der Waals surface area (Å²) in [5, 5.41) is 4.31. The first kappa shape index (κ1) is 19.3. The number of likely N-dealkylation sites (N-methyl/N-ethyl adjacent to an activating group) is 1. The van der Waals surface area contributed by atoms with Crippen molar-refractivity contribution in [3.63, 3.8) is 0 Å². The van der Waals surface area contributed by atoms with Crippen LogP contribution in [-0.4, -0.2) is 38.6 Å². The van der Waals surface area contributed by atoms with E-state index in [4.69, 9.17) is 34.8 Å². The van der Waals surface area contributed by atoms with Gasteiger partial charge in [-0.25, -0.2) is 0 Å². The molecule has 138 valence electrons. The van der Waals surface area contributed by atoms with Crippen molar-refractivity contribution in [1.29, 1.82) is 0 Å². The molecule has 7 heteroatoms. The molecule has 1 amide bonds. The van der Waals surface area contributed by atoms with Crippen molar-refractivity contribution in [2.45, 2.75) is 6.92 Å². The van der Waals surface area contributed by atoms with Crippen LogP contribution in [0, 0.1) is 0 Å². The molecule has 1 saturated heterocycles. The van der Waals surface area contributed by atoms with Crippen molar-refractivity contribution in [1.82, 2.24) is 0 Å². The van der Waals surface area contributed by atoms with Gasteiger partial charge in [0.2, 0.25) is 0 Å². The van der Waals surface area contributed by atoms with Crippen molar-refractivity contribution >= 4 is 52.1 Å². The number of hydrogen-bond acceptors (Lipinski definition) is 2. The molecule has 1 aliphatic heterocycles. The normalized spacial score (nSPS) is 15.2. The van der Waals surface area contributed by atoms with E-state index in [1.54, 1.807) is 29.2 Å². The molecule has 0 aliphatic carbocycles. The third-order valence-electron chi connectivity index (χ3n) is 4.70. The van der Waals surface area contributed by atoms with E-state index in [0.717, 1.165) is 38.4 Å². The van der Waals surface area contributed by atoms with Crippen LogP contribution in [0.3, 0.4) is 0 Å². The largest absolute Gasteiger partial charge is 0.359 e. The number of amides is 1. The summed E-state index contributed by atoms with van der Waals surface area (Å²) in [5.74, 6) is -0.245. The van der Waals surface area contributed by atoms with E-state index >= 15 is 0 Å². The number of carbonyl (C=O) groups is 1. The SMILES string of the molecule is CC[NH+]1CCN(c2ccc(Cl)cc2NC(=O)c2ccc(Cl)c(Cl)c2)CC1. The molecule has 2 aromatic rings. The van der Waals surface area contributed by atoms with Gasteiger partial charge >= 0.3 is 0 Å². The fraction of sp³-hybridized carbons (Fsp3) is 0.316. The summed E-state index contributed by atoms with van der Waals surface area (Å²) in [6, 6.07) is 10.4. The highest BCUT2D eigenvalue weighted by Gasteiger charge is 2.22. The summed E-state index contributed by atoms with van der Waals surface area (Å²) in [5.41, 5.74) is 2.14. The second-order valence-electron chi connectivity index (χ2n) is 6.34. The predicted molar refractivity (Wildman–Crippen MR) is 109 cm³/mol. The highest BCUT2D eigenvalue weighted by Crippen LogP contribution is 2.30. The first-order valence-electron chi connectivity index (χ1n) is 8.62. The highest BCUT2D eigenvalue weighted by atomic mass is 35.5. The molecule has 0 radical (unpaired) electrons. The van der Waals surface area contributed by atoms with Gasteiger partial charge in [-0.05, 0) is 43.3 Å². The van der Waals surface area contributed by atoms with Crippen LogP contribution in [0.1, 0.15) is 17.3 Å². The van der Waals surface area contributed by atoms with Crippen LogP contribution in [0.4, 0.5) is 11.4 Å². The standard InChI is InChI=1S/C19H20Cl3N3O/c1-2-24-7-9-25(10-8-24)18-6-4-14(20)12-17(18)23-19(26)13-3-5-15(21)16(22)11-13/h3-6,11-12H,2,7-10H2,1H3,(H,23,26)/p+1. The molecule has 0 unspecified atom stereocenters. The van der Waals surface area contributed by atoms with Gasteiger partial charge in [0.25, 0.3) is 5.91 Å². The number of halogens is 3. The van der Waals surface area contributed by atoms with Crippen LogP contribution in [-0.2, 0) is 0 Å². The molecular formula is C19H21Cl3N3O+. The molecule has 4 nitrogen and oxygen atoms in total. The Kier molecular flexibility index (Phi) is 6.30. The Labute approximate surface area is 168 Å². The van der Waals surface area contributed by atoms with Crippen LogP contribution in [0.25, 0.3) is 0 Å². The minimum absolute atomic E-state index is 0.245. The van der Waals surface area contributed by atoms with Crippen LogP contribution >= 0.6 is 34.8 Å². The Hall–Kier alpha value is -1.46. The molecule has 3 rings (SSSR count). The number of nitrogens with zero attached hydrogens (tertiary/aromatic N) is 1. The van der Waals surface area contributed by atoms with E-state index in [1.165, 1.54) is 0 Å². The fourth-order valence-corrected chi connectivity index (χ4v) is 3.60. The summed E-state index contributed by atoms with van der Waals surface area (Å²) in [6.45, 7) is 7.39. The molecule has 1 aliphatic rings. The van der Waals surface area contributed by atoms with Crippen molar-refractivity contribution in [2.24, 2.45) is 0 Å². The topological polar surface area (TPSA) is 36.8 Å². The number of anilines is 2. The summed E-state index contributed by atoms with van der Waals surface area (Å²) < 4.78 is 0. The summed E-state index contributed by atoms with van der Waals surface area (Å²) in [6.07, 6.45) is 0. The van der Waals surface area contributed by atoms with E-state index < -0.39 is 0 Å². The number of benzene rings is 2. The van der Waals surface area contributed by atoms with Crippen molar-refractivity contribution in [3.8, 4) is 0 Å². The number of nitrogens with one attached hydrogen (secondary N) is 2. The lowest BCUT2D eigenvalue weighted by molar-refractivity contribution is -0.898. The average Bonchev–Trinajstić information content (AvgIpc) is 2.64. The maximum Gasteiger partial charge on any atom is 0.255 e. The molecule has 0 aromatic heterocycles. The molecular weight excluding hydrogens is 393 g/mol. The Morgan fingerprint density at radius 1 is 1.08 bits per heavy atom. The van der Waals surface area contributed by atoms with Gasteiger partial charge in [0.1, 0.15) is 0 Å². The molecule has 0 bridgehead atoms. The zero-order chi connectivity index (χ0) is 18.7. The van der Waals surface area contributed by atoms with Crippen LogP contribution in [0.2, 0.25) is 15.1 Å². The van der Waals surface area contributed by atoms with Crippen molar-refractivity contribution < 1.29 is 9.69 Å². The zero-order valence-electron chi connectivity index (χ0n) is 14.5. The predicted octanol–water partition coefficient (Wildman–Crippen LogP) is 3.62. The van der Waals surface area contributed by atoms with E-state index in [2.05, 4.69) is 17.1 Å². The van der Waals surface area contributed by atoms with Gasteiger partial charge in [0.05, 0.1) is 54.1 Å². The number of quaternary nitrogens is 1. The monoisotopic (exact) mass is 412 g/mol. The summed E-state index contributed by atoms with van der Waals surface area (Å²) in [4.78, 5) is 16.5.